The van der Waals surface area contributed by atoms with E-state index in [9.17, 15) is 9.90 Å². The monoisotopic (exact) mass is 278 g/mol. The molecule has 3 heterocycles. The van der Waals surface area contributed by atoms with Crippen molar-refractivity contribution in [2.24, 2.45) is 0 Å². The molecule has 0 bridgehead atoms. The average Bonchev–Trinajstić information content (AvgIpc) is 3.06. The van der Waals surface area contributed by atoms with Gasteiger partial charge in [0.15, 0.2) is 10.8 Å². The van der Waals surface area contributed by atoms with Gasteiger partial charge in [-0.1, -0.05) is 0 Å². The molecule has 0 aliphatic carbocycles. The van der Waals surface area contributed by atoms with E-state index >= 15 is 0 Å². The van der Waals surface area contributed by atoms with Gasteiger partial charge in [0.2, 0.25) is 0 Å². The average molecular weight is 278 g/mol. The maximum atomic E-state index is 12.2. The normalized spacial score (nSPS) is 22.9. The topological polar surface area (TPSA) is 66.6 Å². The minimum absolute atomic E-state index is 0.133. The highest BCUT2D eigenvalue weighted by molar-refractivity contribution is 7.13. The van der Waals surface area contributed by atoms with E-state index in [1.165, 1.54) is 11.3 Å². The first-order valence-electron chi connectivity index (χ1n) is 6.06. The van der Waals surface area contributed by atoms with E-state index in [1.54, 1.807) is 29.5 Å². The second-order valence-electron chi connectivity index (χ2n) is 4.99. The van der Waals surface area contributed by atoms with Crippen LogP contribution in [0.25, 0.3) is 10.8 Å². The van der Waals surface area contributed by atoms with Crippen LogP contribution in [0, 0.1) is 0 Å². The molecule has 1 unspecified atom stereocenters. The van der Waals surface area contributed by atoms with Crippen molar-refractivity contribution in [3.8, 4) is 10.8 Å². The number of furan rings is 1. The molecule has 1 atom stereocenters. The summed E-state index contributed by atoms with van der Waals surface area (Å²) in [6, 6.07) is 3.60. The number of nitrogens with zero attached hydrogens (tertiary/aromatic N) is 2. The zero-order valence-electron chi connectivity index (χ0n) is 10.5. The third-order valence-electron chi connectivity index (χ3n) is 3.19. The van der Waals surface area contributed by atoms with Gasteiger partial charge in [0.05, 0.1) is 11.9 Å². The first-order valence-corrected chi connectivity index (χ1v) is 6.94. The Labute approximate surface area is 114 Å². The number of aromatic nitrogens is 1. The summed E-state index contributed by atoms with van der Waals surface area (Å²) in [5, 5.41) is 12.3. The summed E-state index contributed by atoms with van der Waals surface area (Å²) in [5.74, 6) is 0.532. The smallest absolute Gasteiger partial charge is 0.273 e. The van der Waals surface area contributed by atoms with Crippen LogP contribution in [0.5, 0.6) is 0 Å². The molecule has 2 aromatic heterocycles. The Hall–Kier alpha value is -1.66. The van der Waals surface area contributed by atoms with Gasteiger partial charge in [-0.25, -0.2) is 4.98 Å². The molecule has 0 radical (unpaired) electrons. The summed E-state index contributed by atoms with van der Waals surface area (Å²) in [6.45, 7) is 2.68. The maximum absolute atomic E-state index is 12.2. The quantitative estimate of drug-likeness (QED) is 0.912. The van der Waals surface area contributed by atoms with Gasteiger partial charge in [-0.2, -0.15) is 0 Å². The molecule has 1 amide bonds. The molecule has 0 spiro atoms. The first-order chi connectivity index (χ1) is 9.05. The molecule has 19 heavy (non-hydrogen) atoms. The van der Waals surface area contributed by atoms with Crippen LogP contribution in [0.15, 0.2) is 28.2 Å². The SMILES string of the molecule is CC1(O)CCN(C(=O)c2csc(-c3ccco3)n2)C1. The van der Waals surface area contributed by atoms with Crippen LogP contribution < -0.4 is 0 Å². The minimum Gasteiger partial charge on any atom is -0.462 e. The maximum Gasteiger partial charge on any atom is 0.273 e. The third kappa shape index (κ3) is 2.41. The molecular weight excluding hydrogens is 264 g/mol. The Bertz CT molecular complexity index is 589. The largest absolute Gasteiger partial charge is 0.462 e. The minimum atomic E-state index is -0.782. The lowest BCUT2D eigenvalue weighted by Crippen LogP contribution is -2.34. The third-order valence-corrected chi connectivity index (χ3v) is 4.05. The summed E-state index contributed by atoms with van der Waals surface area (Å²) < 4.78 is 5.25. The van der Waals surface area contributed by atoms with Gasteiger partial charge in [0, 0.05) is 18.5 Å². The Morgan fingerprint density at radius 2 is 2.47 bits per heavy atom. The number of rotatable bonds is 2. The van der Waals surface area contributed by atoms with Crippen LogP contribution >= 0.6 is 11.3 Å². The van der Waals surface area contributed by atoms with E-state index in [1.807, 2.05) is 6.07 Å². The standard InChI is InChI=1S/C13H14N2O3S/c1-13(17)4-5-15(8-13)12(16)9-7-19-11(14-9)10-3-2-6-18-10/h2-3,6-7,17H,4-5,8H2,1H3. The number of hydrogen-bond donors (Lipinski definition) is 1. The van der Waals surface area contributed by atoms with E-state index in [-0.39, 0.29) is 5.91 Å². The van der Waals surface area contributed by atoms with Crippen LogP contribution in [0.2, 0.25) is 0 Å². The zero-order chi connectivity index (χ0) is 13.5. The van der Waals surface area contributed by atoms with E-state index < -0.39 is 5.60 Å². The molecule has 100 valence electrons. The molecular formula is C13H14N2O3S. The van der Waals surface area contributed by atoms with Gasteiger partial charge in [-0.15, -0.1) is 11.3 Å². The molecule has 5 nitrogen and oxygen atoms in total. The summed E-state index contributed by atoms with van der Waals surface area (Å²) in [5.41, 5.74) is -0.371. The highest BCUT2D eigenvalue weighted by atomic mass is 32.1. The fraction of sp³-hybridized carbons (Fsp3) is 0.385. The molecule has 1 N–H and O–H groups in total. The highest BCUT2D eigenvalue weighted by Crippen LogP contribution is 2.26. The van der Waals surface area contributed by atoms with Gasteiger partial charge in [-0.05, 0) is 25.5 Å². The van der Waals surface area contributed by atoms with Crippen molar-refractivity contribution in [1.82, 2.24) is 9.88 Å². The van der Waals surface area contributed by atoms with Gasteiger partial charge in [-0.3, -0.25) is 4.79 Å². The number of thiazole rings is 1. The van der Waals surface area contributed by atoms with E-state index in [0.29, 0.717) is 36.0 Å². The summed E-state index contributed by atoms with van der Waals surface area (Å²) in [6.07, 6.45) is 2.18. The van der Waals surface area contributed by atoms with Crippen LogP contribution in [-0.4, -0.2) is 39.6 Å². The van der Waals surface area contributed by atoms with E-state index in [2.05, 4.69) is 4.98 Å². The molecule has 2 aromatic rings. The molecule has 1 aliphatic heterocycles. The molecule has 0 saturated carbocycles. The molecule has 3 rings (SSSR count). The van der Waals surface area contributed by atoms with E-state index in [4.69, 9.17) is 4.42 Å². The van der Waals surface area contributed by atoms with Crippen molar-refractivity contribution >= 4 is 17.2 Å². The number of carbonyl (C=O) groups excluding carboxylic acids is 1. The van der Waals surface area contributed by atoms with Crippen LogP contribution in [0.3, 0.4) is 0 Å². The fourth-order valence-electron chi connectivity index (χ4n) is 2.17. The number of likely N-dealkylation sites (tertiary alicyclic amines) is 1. The van der Waals surface area contributed by atoms with E-state index in [0.717, 1.165) is 0 Å². The number of aliphatic hydroxyl groups is 1. The summed E-state index contributed by atoms with van der Waals surface area (Å²) >= 11 is 1.38. The number of carbonyl (C=O) groups is 1. The number of β-amino-alcohol motifs (C(OH)–C–C–N with tert-alkyl or cyclic N) is 1. The summed E-state index contributed by atoms with van der Waals surface area (Å²) in [4.78, 5) is 18.2. The van der Waals surface area contributed by atoms with Gasteiger partial charge in [0.25, 0.3) is 5.91 Å². The molecule has 0 aromatic carbocycles. The zero-order valence-corrected chi connectivity index (χ0v) is 11.3. The van der Waals surface area contributed by atoms with Crippen molar-refractivity contribution in [2.45, 2.75) is 18.9 Å². The van der Waals surface area contributed by atoms with Gasteiger partial charge < -0.3 is 14.4 Å². The first kappa shape index (κ1) is 12.4. The molecule has 1 saturated heterocycles. The lowest BCUT2D eigenvalue weighted by atomic mass is 10.1. The van der Waals surface area contributed by atoms with Crippen LogP contribution in [0.1, 0.15) is 23.8 Å². The molecule has 1 fully saturated rings. The van der Waals surface area contributed by atoms with Crippen molar-refractivity contribution in [3.05, 3.63) is 29.5 Å². The lowest BCUT2D eigenvalue weighted by Gasteiger charge is -2.17. The number of hydrogen-bond acceptors (Lipinski definition) is 5. The second-order valence-corrected chi connectivity index (χ2v) is 5.85. The van der Waals surface area contributed by atoms with Crippen molar-refractivity contribution < 1.29 is 14.3 Å². The predicted molar refractivity (Wildman–Crippen MR) is 71.0 cm³/mol. The van der Waals surface area contributed by atoms with Crippen molar-refractivity contribution in [1.29, 1.82) is 0 Å². The molecule has 1 aliphatic rings. The van der Waals surface area contributed by atoms with Crippen LogP contribution in [-0.2, 0) is 0 Å². The fourth-order valence-corrected chi connectivity index (χ4v) is 2.93. The van der Waals surface area contributed by atoms with Crippen molar-refractivity contribution in [3.63, 3.8) is 0 Å². The second kappa shape index (κ2) is 4.47. The Morgan fingerprint density at radius 1 is 1.63 bits per heavy atom. The lowest BCUT2D eigenvalue weighted by molar-refractivity contribution is 0.0569. The predicted octanol–water partition coefficient (Wildman–Crippen LogP) is 2.00. The summed E-state index contributed by atoms with van der Waals surface area (Å²) in [7, 11) is 0. The highest BCUT2D eigenvalue weighted by Gasteiger charge is 2.35. The van der Waals surface area contributed by atoms with Gasteiger partial charge >= 0.3 is 0 Å². The number of amides is 1. The Balaban J connectivity index is 1.78. The van der Waals surface area contributed by atoms with Crippen molar-refractivity contribution in [2.75, 3.05) is 13.1 Å². The molecule has 6 heteroatoms. The Morgan fingerprint density at radius 3 is 3.11 bits per heavy atom. The van der Waals surface area contributed by atoms with Crippen LogP contribution in [0.4, 0.5) is 0 Å². The Kier molecular flexibility index (Phi) is 2.91. The van der Waals surface area contributed by atoms with Gasteiger partial charge in [0.1, 0.15) is 5.69 Å².